The predicted octanol–water partition coefficient (Wildman–Crippen LogP) is 4.38. The smallest absolute Gasteiger partial charge is 0.396 e. The maximum atomic E-state index is 14.4. The fourth-order valence-corrected chi connectivity index (χ4v) is 3.57. The van der Waals surface area contributed by atoms with Gasteiger partial charge in [0.15, 0.2) is 5.82 Å². The predicted molar refractivity (Wildman–Crippen MR) is 108 cm³/mol. The van der Waals surface area contributed by atoms with Crippen molar-refractivity contribution in [2.24, 2.45) is 5.92 Å². The second-order valence-corrected chi connectivity index (χ2v) is 7.45. The fourth-order valence-electron chi connectivity index (χ4n) is 3.57. The van der Waals surface area contributed by atoms with E-state index < -0.39 is 23.8 Å². The van der Waals surface area contributed by atoms with Gasteiger partial charge in [0.2, 0.25) is 0 Å². The number of alkyl halides is 4. The Labute approximate surface area is 176 Å². The van der Waals surface area contributed by atoms with E-state index in [1.54, 1.807) is 35.5 Å². The summed E-state index contributed by atoms with van der Waals surface area (Å²) in [6, 6.07) is 9.88. The van der Waals surface area contributed by atoms with Gasteiger partial charge >= 0.3 is 6.18 Å². The Balaban J connectivity index is 1.74. The third kappa shape index (κ3) is 4.66. The summed E-state index contributed by atoms with van der Waals surface area (Å²) in [7, 11) is 0. The van der Waals surface area contributed by atoms with Crippen LogP contribution in [-0.2, 0) is 6.18 Å². The number of hydrogen-bond acceptors (Lipinski definition) is 5. The van der Waals surface area contributed by atoms with Crippen LogP contribution in [0.15, 0.2) is 54.9 Å². The molecular weight excluding hydrogens is 412 g/mol. The van der Waals surface area contributed by atoms with E-state index in [0.717, 1.165) is 12.1 Å². The Morgan fingerprint density at radius 1 is 1.06 bits per heavy atom. The van der Waals surface area contributed by atoms with E-state index in [4.69, 9.17) is 0 Å². The molecule has 0 unspecified atom stereocenters. The fraction of sp³-hybridized carbons (Fsp3) is 0.318. The van der Waals surface area contributed by atoms with Gasteiger partial charge in [-0.25, -0.2) is 14.4 Å². The highest BCUT2D eigenvalue weighted by Gasteiger charge is 2.31. The summed E-state index contributed by atoms with van der Waals surface area (Å²) in [4.78, 5) is 14.9. The van der Waals surface area contributed by atoms with Crippen molar-refractivity contribution in [3.05, 3.63) is 60.4 Å². The zero-order chi connectivity index (χ0) is 22.0. The molecule has 0 bridgehead atoms. The molecule has 1 saturated heterocycles. The van der Waals surface area contributed by atoms with Crippen molar-refractivity contribution in [3.8, 4) is 22.6 Å². The normalized spacial score (nSPS) is 19.5. The van der Waals surface area contributed by atoms with Crippen molar-refractivity contribution in [1.82, 2.24) is 15.0 Å². The van der Waals surface area contributed by atoms with Gasteiger partial charge in [-0.2, -0.15) is 13.2 Å². The minimum absolute atomic E-state index is 0.0706. The Hall–Kier alpha value is -3.07. The number of hydrogen-bond donors (Lipinski definition) is 1. The van der Waals surface area contributed by atoms with E-state index >= 15 is 0 Å². The Bertz CT molecular complexity index is 1030. The van der Waals surface area contributed by atoms with Crippen molar-refractivity contribution in [3.63, 3.8) is 0 Å². The molecule has 31 heavy (non-hydrogen) atoms. The number of aliphatic hydroxyl groups excluding tert-OH is 1. The zero-order valence-electron chi connectivity index (χ0n) is 16.4. The van der Waals surface area contributed by atoms with Crippen molar-refractivity contribution >= 4 is 5.82 Å². The van der Waals surface area contributed by atoms with Crippen LogP contribution in [-0.4, -0.2) is 45.9 Å². The molecule has 1 aromatic carbocycles. The lowest BCUT2D eigenvalue weighted by Crippen LogP contribution is -2.43. The molecule has 0 aliphatic carbocycles. The van der Waals surface area contributed by atoms with Crippen LogP contribution in [0.25, 0.3) is 22.6 Å². The van der Waals surface area contributed by atoms with Crippen LogP contribution in [0.4, 0.5) is 23.4 Å². The van der Waals surface area contributed by atoms with Crippen LogP contribution in [0.1, 0.15) is 12.0 Å². The number of pyridine rings is 1. The van der Waals surface area contributed by atoms with Crippen LogP contribution in [0.2, 0.25) is 0 Å². The van der Waals surface area contributed by atoms with E-state index in [1.165, 1.54) is 12.1 Å². The monoisotopic (exact) mass is 432 g/mol. The zero-order valence-corrected chi connectivity index (χ0v) is 16.4. The summed E-state index contributed by atoms with van der Waals surface area (Å²) in [6.07, 6.45) is -1.96. The summed E-state index contributed by atoms with van der Waals surface area (Å²) < 4.78 is 53.2. The van der Waals surface area contributed by atoms with E-state index in [9.17, 15) is 22.7 Å². The number of rotatable bonds is 4. The molecule has 162 valence electrons. The summed E-state index contributed by atoms with van der Waals surface area (Å²) in [5.74, 6) is 0.410. The van der Waals surface area contributed by atoms with Crippen molar-refractivity contribution < 1.29 is 22.7 Å². The number of aromatic nitrogens is 3. The minimum Gasteiger partial charge on any atom is -0.396 e. The molecule has 0 spiro atoms. The second kappa shape index (κ2) is 8.58. The van der Waals surface area contributed by atoms with Crippen molar-refractivity contribution in [2.75, 3.05) is 24.6 Å². The molecule has 1 fully saturated rings. The Kier molecular flexibility index (Phi) is 5.86. The number of halogens is 4. The standard InChI is InChI=1S/C22H20F4N4O/c23-18-12-30(9-7-16(18)13-31)20-10-19(14-3-5-17(6-4-14)22(24,25)26)28-21(29-20)15-2-1-8-27-11-15/h1-6,8,10-11,16,18,31H,7,9,12-13H2/t16-,18-/m0/s1. The maximum absolute atomic E-state index is 14.4. The second-order valence-electron chi connectivity index (χ2n) is 7.45. The first kappa shape index (κ1) is 21.2. The number of nitrogens with zero attached hydrogens (tertiary/aromatic N) is 4. The van der Waals surface area contributed by atoms with Crippen LogP contribution in [0.5, 0.6) is 0 Å². The van der Waals surface area contributed by atoms with Crippen LogP contribution in [0, 0.1) is 5.92 Å². The van der Waals surface area contributed by atoms with Gasteiger partial charge in [-0.1, -0.05) is 12.1 Å². The molecule has 1 aliphatic heterocycles. The molecule has 4 rings (SSSR count). The molecule has 0 amide bonds. The lowest BCUT2D eigenvalue weighted by atomic mass is 9.96. The van der Waals surface area contributed by atoms with Crippen molar-refractivity contribution in [2.45, 2.75) is 18.8 Å². The van der Waals surface area contributed by atoms with Crippen LogP contribution < -0.4 is 4.90 Å². The molecule has 2 aromatic heterocycles. The highest BCUT2D eigenvalue weighted by atomic mass is 19.4. The quantitative estimate of drug-likeness (QED) is 0.620. The first-order valence-electron chi connectivity index (χ1n) is 9.82. The lowest BCUT2D eigenvalue weighted by molar-refractivity contribution is -0.137. The van der Waals surface area contributed by atoms with Gasteiger partial charge in [-0.05, 0) is 30.7 Å². The van der Waals surface area contributed by atoms with Gasteiger partial charge in [0.25, 0.3) is 0 Å². The highest BCUT2D eigenvalue weighted by molar-refractivity contribution is 5.68. The van der Waals surface area contributed by atoms with Crippen LogP contribution in [0.3, 0.4) is 0 Å². The average Bonchev–Trinajstić information content (AvgIpc) is 2.79. The molecule has 0 saturated carbocycles. The highest BCUT2D eigenvalue weighted by Crippen LogP contribution is 2.33. The summed E-state index contributed by atoms with van der Waals surface area (Å²) in [6.45, 7) is 0.360. The largest absolute Gasteiger partial charge is 0.416 e. The first-order chi connectivity index (χ1) is 14.8. The number of benzene rings is 1. The Morgan fingerprint density at radius 3 is 2.45 bits per heavy atom. The number of aliphatic hydroxyl groups is 1. The number of anilines is 1. The molecule has 9 heteroatoms. The van der Waals surface area contributed by atoms with Gasteiger partial charge in [0.05, 0.1) is 17.8 Å². The van der Waals surface area contributed by atoms with E-state index in [1.807, 2.05) is 0 Å². The molecular formula is C22H20F4N4O. The maximum Gasteiger partial charge on any atom is 0.416 e. The molecule has 1 N–H and O–H groups in total. The summed E-state index contributed by atoms with van der Waals surface area (Å²) in [5, 5.41) is 9.31. The summed E-state index contributed by atoms with van der Waals surface area (Å²) >= 11 is 0. The molecule has 3 aromatic rings. The molecule has 0 radical (unpaired) electrons. The lowest BCUT2D eigenvalue weighted by Gasteiger charge is -2.34. The van der Waals surface area contributed by atoms with Crippen LogP contribution >= 0.6 is 0 Å². The third-order valence-corrected chi connectivity index (χ3v) is 5.37. The topological polar surface area (TPSA) is 62.1 Å². The molecule has 3 heterocycles. The summed E-state index contributed by atoms with van der Waals surface area (Å²) in [5.41, 5.74) is 0.810. The average molecular weight is 432 g/mol. The first-order valence-corrected chi connectivity index (χ1v) is 9.82. The molecule has 5 nitrogen and oxygen atoms in total. The van der Waals surface area contributed by atoms with Gasteiger partial charge in [0.1, 0.15) is 12.0 Å². The van der Waals surface area contributed by atoms with E-state index in [0.29, 0.717) is 41.4 Å². The SMILES string of the molecule is OC[C@@H]1CCN(c2cc(-c3ccc(C(F)(F)F)cc3)nc(-c3cccnc3)n2)C[C@@H]1F. The van der Waals surface area contributed by atoms with Gasteiger partial charge in [-0.3, -0.25) is 4.98 Å². The van der Waals surface area contributed by atoms with E-state index in [2.05, 4.69) is 15.0 Å². The van der Waals surface area contributed by atoms with Gasteiger partial charge in [-0.15, -0.1) is 0 Å². The Morgan fingerprint density at radius 2 is 1.84 bits per heavy atom. The molecule has 2 atom stereocenters. The molecule has 1 aliphatic rings. The van der Waals surface area contributed by atoms with E-state index in [-0.39, 0.29) is 13.2 Å². The minimum atomic E-state index is -4.43. The van der Waals surface area contributed by atoms with Crippen molar-refractivity contribution in [1.29, 1.82) is 0 Å². The third-order valence-electron chi connectivity index (χ3n) is 5.37. The van der Waals surface area contributed by atoms with Gasteiger partial charge < -0.3 is 10.0 Å². The van der Waals surface area contributed by atoms with Gasteiger partial charge in [0, 0.05) is 48.7 Å². The number of piperidine rings is 1.